The molecule has 0 amide bonds. The van der Waals surface area contributed by atoms with Gasteiger partial charge in [-0.1, -0.05) is 60.2 Å². The fourth-order valence-corrected chi connectivity index (χ4v) is 6.37. The Morgan fingerprint density at radius 1 is 0.846 bits per heavy atom. The Balaban J connectivity index is 1.70. The van der Waals surface area contributed by atoms with Crippen molar-refractivity contribution in [1.29, 1.82) is 0 Å². The molecule has 2 atom stereocenters. The molecule has 0 bridgehead atoms. The first-order valence-electron chi connectivity index (χ1n) is 8.92. The van der Waals surface area contributed by atoms with E-state index in [9.17, 15) is 0 Å². The fraction of sp³-hybridized carbons (Fsp3) is 0.174. The van der Waals surface area contributed by atoms with Crippen molar-refractivity contribution in [2.24, 2.45) is 10.9 Å². The van der Waals surface area contributed by atoms with E-state index in [1.807, 2.05) is 23.5 Å². The lowest BCUT2D eigenvalue weighted by Gasteiger charge is -2.31. The third-order valence-electron chi connectivity index (χ3n) is 5.06. The topological polar surface area (TPSA) is 12.4 Å². The van der Waals surface area contributed by atoms with Crippen LogP contribution in [0, 0.1) is 12.8 Å². The molecule has 0 N–H and O–H groups in total. The minimum absolute atomic E-state index is 0.388. The molecule has 2 aliphatic rings. The largest absolute Gasteiger partial charge is 0.251 e. The first-order chi connectivity index (χ1) is 12.8. The van der Waals surface area contributed by atoms with Gasteiger partial charge in [0.15, 0.2) is 0 Å². The number of nitrogens with zero attached hydrogens (tertiary/aromatic N) is 1. The van der Waals surface area contributed by atoms with E-state index in [0.717, 1.165) is 11.4 Å². The minimum Gasteiger partial charge on any atom is -0.251 e. The Labute approximate surface area is 163 Å². The van der Waals surface area contributed by atoms with Crippen molar-refractivity contribution in [3.63, 3.8) is 0 Å². The highest BCUT2D eigenvalue weighted by molar-refractivity contribution is 8.00. The maximum atomic E-state index is 5.18. The van der Waals surface area contributed by atoms with Crippen LogP contribution in [-0.2, 0) is 0 Å². The number of hydrogen-bond donors (Lipinski definition) is 0. The zero-order valence-corrected chi connectivity index (χ0v) is 16.2. The summed E-state index contributed by atoms with van der Waals surface area (Å²) in [4.78, 5) is 7.81. The van der Waals surface area contributed by atoms with Crippen molar-refractivity contribution in [3.05, 3.63) is 89.5 Å². The summed E-state index contributed by atoms with van der Waals surface area (Å²) in [5, 5.41) is 0.388. The highest BCUT2D eigenvalue weighted by Crippen LogP contribution is 2.51. The quantitative estimate of drug-likeness (QED) is 0.471. The summed E-state index contributed by atoms with van der Waals surface area (Å²) in [5.74, 6) is 1.49. The lowest BCUT2D eigenvalue weighted by Crippen LogP contribution is -2.27. The highest BCUT2D eigenvalue weighted by Gasteiger charge is 2.36. The first-order valence-corrected chi connectivity index (χ1v) is 10.8. The van der Waals surface area contributed by atoms with E-state index in [4.69, 9.17) is 4.99 Å². The number of aliphatic imine (C=N–C) groups is 1. The molecule has 1 nitrogen and oxygen atoms in total. The van der Waals surface area contributed by atoms with Crippen molar-refractivity contribution < 1.29 is 0 Å². The summed E-state index contributed by atoms with van der Waals surface area (Å²) in [6.45, 7) is 2.15. The average molecular weight is 374 g/mol. The summed E-state index contributed by atoms with van der Waals surface area (Å²) >= 11 is 3.94. The van der Waals surface area contributed by atoms with Gasteiger partial charge in [-0.3, -0.25) is 4.99 Å². The molecule has 3 aromatic rings. The molecule has 0 radical (unpaired) electrons. The van der Waals surface area contributed by atoms with Gasteiger partial charge < -0.3 is 0 Å². The van der Waals surface area contributed by atoms with Crippen LogP contribution in [0.3, 0.4) is 0 Å². The van der Waals surface area contributed by atoms with Crippen LogP contribution < -0.4 is 0 Å². The van der Waals surface area contributed by atoms with Gasteiger partial charge >= 0.3 is 0 Å². The Bertz CT molecular complexity index is 991. The molecule has 0 spiro atoms. The van der Waals surface area contributed by atoms with E-state index in [-0.39, 0.29) is 0 Å². The van der Waals surface area contributed by atoms with Crippen molar-refractivity contribution >= 4 is 34.9 Å². The number of para-hydroxylation sites is 1. The lowest BCUT2D eigenvalue weighted by molar-refractivity contribution is 0.755. The van der Waals surface area contributed by atoms with E-state index in [2.05, 4.69) is 79.7 Å². The molecule has 0 unspecified atom stereocenters. The van der Waals surface area contributed by atoms with Gasteiger partial charge in [0.25, 0.3) is 0 Å². The molecule has 0 aliphatic carbocycles. The second-order valence-electron chi connectivity index (χ2n) is 6.83. The van der Waals surface area contributed by atoms with Gasteiger partial charge in [0, 0.05) is 32.3 Å². The van der Waals surface area contributed by atoms with Gasteiger partial charge in [-0.05, 0) is 30.7 Å². The zero-order valence-electron chi connectivity index (χ0n) is 14.6. The molecule has 26 heavy (non-hydrogen) atoms. The molecule has 5 rings (SSSR count). The van der Waals surface area contributed by atoms with Crippen LogP contribution in [0.15, 0.2) is 87.6 Å². The summed E-state index contributed by atoms with van der Waals surface area (Å²) in [6, 6.07) is 26.3. The molecular formula is C23H19NS2. The number of rotatable bonds is 1. The van der Waals surface area contributed by atoms with Gasteiger partial charge in [-0.15, -0.1) is 23.5 Å². The summed E-state index contributed by atoms with van der Waals surface area (Å²) in [6.07, 6.45) is 0. The standard InChI is InChI=1S/C23H19NS2/c1-15-10-12-16(13-11-15)23-18-14-25-20-8-4-2-6-17(20)22(18)24-19-7-3-5-9-21(19)26-23/h2-13,18,23H,14H2,1H3/t18-,23+/m1/s1. The van der Waals surface area contributed by atoms with Crippen LogP contribution in [0.25, 0.3) is 0 Å². The number of benzene rings is 3. The van der Waals surface area contributed by atoms with E-state index >= 15 is 0 Å². The smallest absolute Gasteiger partial charge is 0.0769 e. The van der Waals surface area contributed by atoms with Crippen LogP contribution in [0.5, 0.6) is 0 Å². The van der Waals surface area contributed by atoms with E-state index in [0.29, 0.717) is 11.2 Å². The second kappa shape index (κ2) is 6.64. The van der Waals surface area contributed by atoms with Crippen LogP contribution in [-0.4, -0.2) is 11.5 Å². The van der Waals surface area contributed by atoms with Crippen LogP contribution in [0.1, 0.15) is 21.9 Å². The third kappa shape index (κ3) is 2.80. The molecule has 128 valence electrons. The van der Waals surface area contributed by atoms with Crippen LogP contribution in [0.2, 0.25) is 0 Å². The monoisotopic (exact) mass is 373 g/mol. The molecule has 2 heterocycles. The average Bonchev–Trinajstić information content (AvgIpc) is 2.85. The maximum Gasteiger partial charge on any atom is 0.0769 e. The number of fused-ring (bicyclic) bond motifs is 4. The molecule has 3 aromatic carbocycles. The summed E-state index contributed by atoms with van der Waals surface area (Å²) in [7, 11) is 0. The molecule has 0 saturated heterocycles. The molecule has 0 saturated carbocycles. The zero-order chi connectivity index (χ0) is 17.5. The predicted molar refractivity (Wildman–Crippen MR) is 113 cm³/mol. The van der Waals surface area contributed by atoms with Crippen molar-refractivity contribution in [2.45, 2.75) is 22.0 Å². The normalized spacial score (nSPS) is 21.0. The van der Waals surface area contributed by atoms with Crippen molar-refractivity contribution in [3.8, 4) is 0 Å². The fourth-order valence-electron chi connectivity index (χ4n) is 3.69. The Kier molecular flexibility index (Phi) is 4.14. The van der Waals surface area contributed by atoms with Gasteiger partial charge in [0.05, 0.1) is 11.4 Å². The van der Waals surface area contributed by atoms with Gasteiger partial charge in [0.1, 0.15) is 0 Å². The summed E-state index contributed by atoms with van der Waals surface area (Å²) < 4.78 is 0. The highest BCUT2D eigenvalue weighted by atomic mass is 32.2. The lowest BCUT2D eigenvalue weighted by atomic mass is 9.90. The Morgan fingerprint density at radius 3 is 2.42 bits per heavy atom. The second-order valence-corrected chi connectivity index (χ2v) is 9.07. The van der Waals surface area contributed by atoms with Gasteiger partial charge in [-0.25, -0.2) is 0 Å². The van der Waals surface area contributed by atoms with E-state index in [1.165, 1.54) is 32.2 Å². The van der Waals surface area contributed by atoms with Gasteiger partial charge in [-0.2, -0.15) is 0 Å². The SMILES string of the molecule is Cc1ccc([C@@H]2Sc3ccccc3N=C3c4ccccc4SC[C@H]32)cc1. The van der Waals surface area contributed by atoms with Crippen LogP contribution >= 0.6 is 23.5 Å². The van der Waals surface area contributed by atoms with Gasteiger partial charge in [0.2, 0.25) is 0 Å². The minimum atomic E-state index is 0.388. The third-order valence-corrected chi connectivity index (χ3v) is 7.71. The molecule has 0 fully saturated rings. The maximum absolute atomic E-state index is 5.18. The Hall–Kier alpha value is -1.97. The Morgan fingerprint density at radius 2 is 1.58 bits per heavy atom. The molecule has 0 aromatic heterocycles. The summed E-state index contributed by atoms with van der Waals surface area (Å²) in [5.41, 5.74) is 6.37. The van der Waals surface area contributed by atoms with Crippen LogP contribution in [0.4, 0.5) is 5.69 Å². The van der Waals surface area contributed by atoms with E-state index < -0.39 is 0 Å². The predicted octanol–water partition coefficient (Wildman–Crippen LogP) is 6.68. The number of aryl methyl sites for hydroxylation is 1. The first kappa shape index (κ1) is 16.2. The molecule has 3 heteroatoms. The van der Waals surface area contributed by atoms with Crippen molar-refractivity contribution in [1.82, 2.24) is 0 Å². The van der Waals surface area contributed by atoms with E-state index in [1.54, 1.807) is 0 Å². The number of thioether (sulfide) groups is 2. The molecule has 2 aliphatic heterocycles. The van der Waals surface area contributed by atoms with Crippen molar-refractivity contribution in [2.75, 3.05) is 5.75 Å². The number of hydrogen-bond acceptors (Lipinski definition) is 3. The molecular weight excluding hydrogens is 354 g/mol.